The molecule has 0 unspecified atom stereocenters. The quantitative estimate of drug-likeness (QED) is 0.803. The van der Waals surface area contributed by atoms with Crippen LogP contribution in [0.3, 0.4) is 0 Å². The minimum Gasteiger partial charge on any atom is -0.441 e. The highest BCUT2D eigenvalue weighted by Crippen LogP contribution is 2.23. The van der Waals surface area contributed by atoms with E-state index in [1.807, 2.05) is 0 Å². The molecule has 3 aromatic rings. The van der Waals surface area contributed by atoms with Gasteiger partial charge in [0.15, 0.2) is 11.5 Å². The Bertz CT molecular complexity index is 947. The summed E-state index contributed by atoms with van der Waals surface area (Å²) in [5.74, 6) is -1.49. The third-order valence-corrected chi connectivity index (χ3v) is 4.25. The Morgan fingerprint density at radius 2 is 1.77 bits per heavy atom. The molecule has 0 atom stereocenters. The first-order valence-corrected chi connectivity index (χ1v) is 7.68. The molecule has 0 saturated carbocycles. The fourth-order valence-electron chi connectivity index (χ4n) is 2.00. The Morgan fingerprint density at radius 3 is 2.45 bits per heavy atom. The van der Waals surface area contributed by atoms with Crippen LogP contribution in [0.5, 0.6) is 0 Å². The van der Waals surface area contributed by atoms with Gasteiger partial charge in [-0.15, -0.1) is 0 Å². The Kier molecular flexibility index (Phi) is 3.32. The van der Waals surface area contributed by atoms with Gasteiger partial charge < -0.3 is 4.42 Å². The number of rotatable bonds is 3. The second-order valence-corrected chi connectivity index (χ2v) is 6.31. The van der Waals surface area contributed by atoms with E-state index < -0.39 is 26.6 Å². The molecule has 0 aliphatic carbocycles. The molecule has 114 valence electrons. The zero-order valence-electron chi connectivity index (χ0n) is 11.3. The van der Waals surface area contributed by atoms with E-state index in [4.69, 9.17) is 4.42 Å². The number of hydrogen-bond acceptors (Lipinski definition) is 4. The predicted octanol–water partition coefficient (Wildman–Crippen LogP) is 3.22. The molecule has 3 rings (SSSR count). The summed E-state index contributed by atoms with van der Waals surface area (Å²) in [6.45, 7) is 1.67. The number of aromatic nitrogens is 1. The number of hydrogen-bond donors (Lipinski definition) is 1. The minimum absolute atomic E-state index is 0.213. The summed E-state index contributed by atoms with van der Waals surface area (Å²) in [5.41, 5.74) is 1.20. The molecule has 22 heavy (non-hydrogen) atoms. The topological polar surface area (TPSA) is 72.2 Å². The molecule has 0 amide bonds. The molecular weight excluding hydrogens is 314 g/mol. The zero-order chi connectivity index (χ0) is 15.9. The Balaban J connectivity index is 1.98. The van der Waals surface area contributed by atoms with Crippen LogP contribution in [0.15, 0.2) is 45.7 Å². The molecule has 5 nitrogen and oxygen atoms in total. The van der Waals surface area contributed by atoms with Crippen LogP contribution in [0.25, 0.3) is 11.1 Å². The maximum atomic E-state index is 13.2. The highest BCUT2D eigenvalue weighted by atomic mass is 32.2. The lowest BCUT2D eigenvalue weighted by Crippen LogP contribution is -2.13. The van der Waals surface area contributed by atoms with Crippen LogP contribution in [-0.4, -0.2) is 13.4 Å². The fourth-order valence-corrected chi connectivity index (χ4v) is 3.09. The van der Waals surface area contributed by atoms with E-state index in [0.717, 1.165) is 12.1 Å². The Labute approximate surface area is 124 Å². The number of anilines is 1. The van der Waals surface area contributed by atoms with Crippen molar-refractivity contribution in [3.63, 3.8) is 0 Å². The number of benzene rings is 2. The molecular formula is C14H10F2N2O3S. The molecule has 2 aromatic carbocycles. The van der Waals surface area contributed by atoms with Crippen molar-refractivity contribution in [2.24, 2.45) is 0 Å². The second kappa shape index (κ2) is 5.06. The molecule has 0 radical (unpaired) electrons. The van der Waals surface area contributed by atoms with Crippen molar-refractivity contribution >= 4 is 26.8 Å². The highest BCUT2D eigenvalue weighted by molar-refractivity contribution is 7.92. The van der Waals surface area contributed by atoms with E-state index in [2.05, 4.69) is 9.71 Å². The number of halogens is 2. The van der Waals surface area contributed by atoms with Crippen molar-refractivity contribution in [2.45, 2.75) is 11.8 Å². The monoisotopic (exact) mass is 324 g/mol. The molecule has 0 bridgehead atoms. The first-order chi connectivity index (χ1) is 10.3. The molecule has 0 fully saturated rings. The number of nitrogens with one attached hydrogen (secondary N) is 1. The number of sulfonamides is 1. The lowest BCUT2D eigenvalue weighted by atomic mass is 10.3. The molecule has 0 aliphatic rings. The standard InChI is InChI=1S/C14H10F2N2O3S/c1-8-17-13-7-11(2-3-14(13)21-8)18-22(19,20)12-5-9(15)4-10(16)6-12/h2-7,18H,1H3. The van der Waals surface area contributed by atoms with Gasteiger partial charge in [-0.3, -0.25) is 4.72 Å². The lowest BCUT2D eigenvalue weighted by Gasteiger charge is -2.08. The van der Waals surface area contributed by atoms with Crippen molar-refractivity contribution in [2.75, 3.05) is 4.72 Å². The molecule has 1 aromatic heterocycles. The van der Waals surface area contributed by atoms with Crippen LogP contribution in [-0.2, 0) is 10.0 Å². The Morgan fingerprint density at radius 1 is 1.09 bits per heavy atom. The maximum absolute atomic E-state index is 13.2. The first-order valence-electron chi connectivity index (χ1n) is 6.20. The van der Waals surface area contributed by atoms with E-state index in [-0.39, 0.29) is 5.69 Å². The van der Waals surface area contributed by atoms with Crippen molar-refractivity contribution < 1.29 is 21.6 Å². The summed E-state index contributed by atoms with van der Waals surface area (Å²) >= 11 is 0. The fraction of sp³-hybridized carbons (Fsp3) is 0.0714. The summed E-state index contributed by atoms with van der Waals surface area (Å²) in [6.07, 6.45) is 0. The number of fused-ring (bicyclic) bond motifs is 1. The van der Waals surface area contributed by atoms with Gasteiger partial charge in [0.25, 0.3) is 10.0 Å². The smallest absolute Gasteiger partial charge is 0.262 e. The normalized spacial score (nSPS) is 11.8. The summed E-state index contributed by atoms with van der Waals surface area (Å²) in [6, 6.07) is 6.58. The minimum atomic E-state index is -4.11. The van der Waals surface area contributed by atoms with Crippen molar-refractivity contribution in [3.05, 3.63) is 53.9 Å². The van der Waals surface area contributed by atoms with Crippen molar-refractivity contribution in [3.8, 4) is 0 Å². The average Bonchev–Trinajstić information content (AvgIpc) is 2.76. The van der Waals surface area contributed by atoms with Gasteiger partial charge in [-0.05, 0) is 30.3 Å². The van der Waals surface area contributed by atoms with E-state index in [0.29, 0.717) is 23.1 Å². The van der Waals surface area contributed by atoms with Crippen molar-refractivity contribution in [1.29, 1.82) is 0 Å². The molecule has 1 N–H and O–H groups in total. The predicted molar refractivity (Wildman–Crippen MR) is 75.9 cm³/mol. The summed E-state index contributed by atoms with van der Waals surface area (Å²) < 4.78 is 58.2. The summed E-state index contributed by atoms with van der Waals surface area (Å²) in [7, 11) is -4.11. The van der Waals surface area contributed by atoms with Crippen LogP contribution in [0.1, 0.15) is 5.89 Å². The molecule has 1 heterocycles. The molecule has 0 saturated heterocycles. The van der Waals surface area contributed by atoms with Gasteiger partial charge >= 0.3 is 0 Å². The van der Waals surface area contributed by atoms with E-state index >= 15 is 0 Å². The lowest BCUT2D eigenvalue weighted by molar-refractivity contribution is 0.561. The van der Waals surface area contributed by atoms with Crippen molar-refractivity contribution in [1.82, 2.24) is 4.98 Å². The van der Waals surface area contributed by atoms with E-state index in [9.17, 15) is 17.2 Å². The SMILES string of the molecule is Cc1nc2cc(NS(=O)(=O)c3cc(F)cc(F)c3)ccc2o1. The Hall–Kier alpha value is -2.48. The summed E-state index contributed by atoms with van der Waals surface area (Å²) in [5, 5.41) is 0. The van der Waals surface area contributed by atoms with Gasteiger partial charge in [0.1, 0.15) is 17.2 Å². The van der Waals surface area contributed by atoms with Gasteiger partial charge in [-0.1, -0.05) is 0 Å². The first kappa shape index (κ1) is 14.5. The number of aryl methyl sites for hydroxylation is 1. The molecule has 0 aliphatic heterocycles. The van der Waals surface area contributed by atoms with E-state index in [1.165, 1.54) is 12.1 Å². The highest BCUT2D eigenvalue weighted by Gasteiger charge is 2.17. The largest absolute Gasteiger partial charge is 0.441 e. The molecule has 0 spiro atoms. The average molecular weight is 324 g/mol. The van der Waals surface area contributed by atoms with Crippen LogP contribution in [0.4, 0.5) is 14.5 Å². The third kappa shape index (κ3) is 2.77. The van der Waals surface area contributed by atoms with Gasteiger partial charge in [0, 0.05) is 13.0 Å². The van der Waals surface area contributed by atoms with Crippen LogP contribution in [0, 0.1) is 18.6 Å². The van der Waals surface area contributed by atoms with Gasteiger partial charge in [0.2, 0.25) is 0 Å². The van der Waals surface area contributed by atoms with Crippen LogP contribution < -0.4 is 4.72 Å². The third-order valence-electron chi connectivity index (χ3n) is 2.89. The van der Waals surface area contributed by atoms with Crippen LogP contribution in [0.2, 0.25) is 0 Å². The molecule has 8 heteroatoms. The zero-order valence-corrected chi connectivity index (χ0v) is 12.1. The maximum Gasteiger partial charge on any atom is 0.262 e. The number of nitrogens with zero attached hydrogens (tertiary/aromatic N) is 1. The van der Waals surface area contributed by atoms with Gasteiger partial charge in [-0.2, -0.15) is 0 Å². The van der Waals surface area contributed by atoms with Gasteiger partial charge in [-0.25, -0.2) is 22.2 Å². The van der Waals surface area contributed by atoms with Crippen LogP contribution >= 0.6 is 0 Å². The summed E-state index contributed by atoms with van der Waals surface area (Å²) in [4.78, 5) is 3.58. The second-order valence-electron chi connectivity index (χ2n) is 4.63. The number of oxazole rings is 1. The van der Waals surface area contributed by atoms with Gasteiger partial charge in [0.05, 0.1) is 10.6 Å². The van der Waals surface area contributed by atoms with E-state index in [1.54, 1.807) is 13.0 Å².